The van der Waals surface area contributed by atoms with Gasteiger partial charge in [0.25, 0.3) is 5.56 Å². The van der Waals surface area contributed by atoms with Crippen LogP contribution >= 0.6 is 15.9 Å². The molecule has 36 heavy (non-hydrogen) atoms. The number of para-hydroxylation sites is 1. The molecule has 2 aromatic heterocycles. The molecular formula is C28H24BrN3O4. The highest BCUT2D eigenvalue weighted by atomic mass is 79.9. The molecule has 2 heterocycles. The highest BCUT2D eigenvalue weighted by Crippen LogP contribution is 2.33. The predicted molar refractivity (Wildman–Crippen MR) is 145 cm³/mol. The molecule has 0 saturated heterocycles. The van der Waals surface area contributed by atoms with Crippen LogP contribution in [0.3, 0.4) is 0 Å². The first-order valence-corrected chi connectivity index (χ1v) is 12.4. The van der Waals surface area contributed by atoms with E-state index in [1.54, 1.807) is 31.5 Å². The number of nitrogens with zero attached hydrogens (tertiary/aromatic N) is 3. The molecule has 0 spiro atoms. The van der Waals surface area contributed by atoms with Gasteiger partial charge in [0.05, 0.1) is 40.2 Å². The average molecular weight is 546 g/mol. The lowest BCUT2D eigenvalue weighted by Gasteiger charge is -2.14. The van der Waals surface area contributed by atoms with Crippen LogP contribution in [0.15, 0.2) is 85.5 Å². The van der Waals surface area contributed by atoms with Crippen molar-refractivity contribution in [2.45, 2.75) is 26.4 Å². The van der Waals surface area contributed by atoms with Crippen LogP contribution < -0.4 is 15.0 Å². The van der Waals surface area contributed by atoms with Gasteiger partial charge in [-0.1, -0.05) is 25.1 Å². The van der Waals surface area contributed by atoms with Crippen LogP contribution in [0.4, 0.5) is 0 Å². The summed E-state index contributed by atoms with van der Waals surface area (Å²) < 4.78 is 19.5. The van der Waals surface area contributed by atoms with Crippen LogP contribution in [0.25, 0.3) is 33.5 Å². The second kappa shape index (κ2) is 9.99. The monoisotopic (exact) mass is 545 g/mol. The summed E-state index contributed by atoms with van der Waals surface area (Å²) in [6.45, 7) is 4.10. The second-order valence-electron chi connectivity index (χ2n) is 8.32. The maximum absolute atomic E-state index is 13.5. The highest BCUT2D eigenvalue weighted by molar-refractivity contribution is 9.10. The summed E-state index contributed by atoms with van der Waals surface area (Å²) in [7, 11) is 1.60. The third-order valence-corrected chi connectivity index (χ3v) is 6.52. The van der Waals surface area contributed by atoms with E-state index in [0.717, 1.165) is 27.6 Å². The number of benzene rings is 3. The summed E-state index contributed by atoms with van der Waals surface area (Å²) in [5.74, 6) is 2.13. The Morgan fingerprint density at radius 3 is 2.69 bits per heavy atom. The molecule has 5 aromatic rings. The van der Waals surface area contributed by atoms with Crippen molar-refractivity contribution in [2.75, 3.05) is 7.11 Å². The highest BCUT2D eigenvalue weighted by Gasteiger charge is 2.18. The molecule has 0 fully saturated rings. The molecule has 182 valence electrons. The van der Waals surface area contributed by atoms with Gasteiger partial charge in [-0.3, -0.25) is 4.79 Å². The Hall–Kier alpha value is -3.91. The van der Waals surface area contributed by atoms with Crippen molar-refractivity contribution < 1.29 is 13.9 Å². The van der Waals surface area contributed by atoms with Crippen LogP contribution in [0.5, 0.6) is 11.5 Å². The fraction of sp³-hybridized carbons (Fsp3) is 0.179. The molecule has 5 rings (SSSR count). The first-order chi connectivity index (χ1) is 17.5. The number of hydrogen-bond acceptors (Lipinski definition) is 6. The van der Waals surface area contributed by atoms with Gasteiger partial charge in [-0.2, -0.15) is 9.78 Å². The van der Waals surface area contributed by atoms with Gasteiger partial charge in [-0.25, -0.2) is 4.98 Å². The summed E-state index contributed by atoms with van der Waals surface area (Å²) in [5, 5.41) is 5.78. The predicted octanol–water partition coefficient (Wildman–Crippen LogP) is 6.64. The Morgan fingerprint density at radius 2 is 1.92 bits per heavy atom. The molecule has 0 aliphatic heterocycles. The van der Waals surface area contributed by atoms with Gasteiger partial charge in [0.2, 0.25) is 5.82 Å². The summed E-state index contributed by atoms with van der Waals surface area (Å²) in [4.78, 5) is 18.2. The topological polar surface area (TPSA) is 78.8 Å². The largest absolute Gasteiger partial charge is 0.496 e. The first-order valence-electron chi connectivity index (χ1n) is 11.6. The third kappa shape index (κ3) is 4.52. The smallest absolute Gasteiger partial charge is 0.282 e. The zero-order chi connectivity index (χ0) is 25.2. The van der Waals surface area contributed by atoms with Gasteiger partial charge >= 0.3 is 0 Å². The van der Waals surface area contributed by atoms with Crippen LogP contribution in [0, 0.1) is 0 Å². The lowest BCUT2D eigenvalue weighted by molar-refractivity contribution is 0.216. The number of fused-ring (bicyclic) bond motifs is 2. The minimum Gasteiger partial charge on any atom is -0.496 e. The molecule has 0 bridgehead atoms. The molecule has 0 aliphatic carbocycles. The van der Waals surface area contributed by atoms with Crippen LogP contribution in [-0.2, 0) is 0 Å². The third-order valence-electron chi connectivity index (χ3n) is 5.90. The number of methoxy groups -OCH3 is 1. The fourth-order valence-electron chi connectivity index (χ4n) is 3.83. The van der Waals surface area contributed by atoms with Crippen molar-refractivity contribution in [1.29, 1.82) is 0 Å². The molecule has 0 radical (unpaired) electrons. The Morgan fingerprint density at radius 1 is 1.08 bits per heavy atom. The standard InChI is InChI=1S/C28H24BrN3O4/c1-4-17(2)35-25-13-12-18(14-21(25)29)16-30-32-27(31-22-9-6-5-8-19(22)28(32)33)26-15-20-23(34-3)10-7-11-24(20)36-26/h5-17H,4H2,1-3H3/t17-/m1/s1. The van der Waals surface area contributed by atoms with E-state index in [9.17, 15) is 4.79 Å². The minimum absolute atomic E-state index is 0.105. The Kier molecular flexibility index (Phi) is 6.61. The summed E-state index contributed by atoms with van der Waals surface area (Å²) in [6, 6.07) is 20.2. The number of halogens is 1. The summed E-state index contributed by atoms with van der Waals surface area (Å²) in [6.07, 6.45) is 2.62. The number of furan rings is 1. The van der Waals surface area contributed by atoms with Crippen LogP contribution in [0.1, 0.15) is 25.8 Å². The Labute approximate surface area is 216 Å². The number of rotatable bonds is 7. The zero-order valence-corrected chi connectivity index (χ0v) is 21.7. The normalized spacial score (nSPS) is 12.4. The van der Waals surface area contributed by atoms with E-state index in [-0.39, 0.29) is 11.7 Å². The average Bonchev–Trinajstić information content (AvgIpc) is 3.34. The molecule has 0 saturated carbocycles. The lowest BCUT2D eigenvalue weighted by Crippen LogP contribution is -2.20. The van der Waals surface area contributed by atoms with Crippen molar-refractivity contribution in [2.24, 2.45) is 5.10 Å². The SMILES string of the molecule is CC[C@@H](C)Oc1ccc(C=Nn2c(-c3cc4c(OC)cccc4o3)nc3ccccc3c2=O)cc1Br. The van der Waals surface area contributed by atoms with Crippen molar-refractivity contribution in [1.82, 2.24) is 9.66 Å². The maximum Gasteiger partial charge on any atom is 0.282 e. The molecule has 0 aliphatic rings. The number of aromatic nitrogens is 2. The fourth-order valence-corrected chi connectivity index (χ4v) is 4.32. The van der Waals surface area contributed by atoms with E-state index in [2.05, 4.69) is 28.0 Å². The number of ether oxygens (including phenoxy) is 2. The van der Waals surface area contributed by atoms with Gasteiger partial charge in [0, 0.05) is 0 Å². The maximum atomic E-state index is 13.5. The Balaban J connectivity index is 1.62. The molecule has 3 aromatic carbocycles. The van der Waals surface area contributed by atoms with Crippen LogP contribution in [0.2, 0.25) is 0 Å². The molecule has 0 N–H and O–H groups in total. The van der Waals surface area contributed by atoms with E-state index in [1.807, 2.05) is 55.5 Å². The number of hydrogen-bond donors (Lipinski definition) is 0. The molecule has 0 amide bonds. The van der Waals surface area contributed by atoms with Gasteiger partial charge in [0.15, 0.2) is 5.76 Å². The van der Waals surface area contributed by atoms with E-state index in [1.165, 1.54) is 4.68 Å². The minimum atomic E-state index is -0.296. The zero-order valence-electron chi connectivity index (χ0n) is 20.1. The van der Waals surface area contributed by atoms with Gasteiger partial charge in [0.1, 0.15) is 17.1 Å². The van der Waals surface area contributed by atoms with E-state index in [4.69, 9.17) is 18.9 Å². The lowest BCUT2D eigenvalue weighted by atomic mass is 10.2. The van der Waals surface area contributed by atoms with E-state index < -0.39 is 0 Å². The van der Waals surface area contributed by atoms with Crippen molar-refractivity contribution >= 4 is 44.0 Å². The molecule has 0 unspecified atom stereocenters. The molecular weight excluding hydrogens is 522 g/mol. The molecule has 8 heteroatoms. The van der Waals surface area contributed by atoms with Crippen molar-refractivity contribution in [3.05, 3.63) is 87.1 Å². The van der Waals surface area contributed by atoms with Gasteiger partial charge in [-0.15, -0.1) is 0 Å². The van der Waals surface area contributed by atoms with Gasteiger partial charge in [-0.05, 0) is 83.4 Å². The van der Waals surface area contributed by atoms with Gasteiger partial charge < -0.3 is 13.9 Å². The quantitative estimate of drug-likeness (QED) is 0.214. The van der Waals surface area contributed by atoms with E-state index in [0.29, 0.717) is 33.8 Å². The van der Waals surface area contributed by atoms with E-state index >= 15 is 0 Å². The molecule has 7 nitrogen and oxygen atoms in total. The summed E-state index contributed by atoms with van der Waals surface area (Å²) in [5.41, 5.74) is 1.68. The Bertz CT molecular complexity index is 1650. The molecule has 1 atom stereocenters. The first kappa shape index (κ1) is 23.8. The van der Waals surface area contributed by atoms with Crippen LogP contribution in [-0.4, -0.2) is 29.1 Å². The van der Waals surface area contributed by atoms with Crippen molar-refractivity contribution in [3.8, 4) is 23.1 Å². The second-order valence-corrected chi connectivity index (χ2v) is 9.18. The van der Waals surface area contributed by atoms with Crippen molar-refractivity contribution in [3.63, 3.8) is 0 Å². The summed E-state index contributed by atoms with van der Waals surface area (Å²) >= 11 is 3.57.